The zero-order valence-electron chi connectivity index (χ0n) is 84.6. The molecular weight excluding hydrogens is 1770 g/mol. The van der Waals surface area contributed by atoms with Gasteiger partial charge in [0.15, 0.2) is 27.1 Å². The molecule has 772 valence electrons. The number of hydrogen-bond donors (Lipinski definition) is 0. The molecule has 17 fully saturated rings. The Kier molecular flexibility index (Phi) is 33.1. The molecule has 0 heterocycles. The minimum atomic E-state index is -4.59. The second-order valence-corrected chi connectivity index (χ2v) is 48.2. The minimum Gasteiger partial charge on any atom is -0.469 e. The Labute approximate surface area is 788 Å². The predicted octanol–water partition coefficient (Wildman–Crippen LogP) is 28.9. The summed E-state index contributed by atoms with van der Waals surface area (Å²) < 4.78 is 237. The van der Waals surface area contributed by atoms with Crippen LogP contribution in [0.5, 0.6) is 0 Å². The summed E-state index contributed by atoms with van der Waals surface area (Å²) in [6, 6.07) is 0. The van der Waals surface area contributed by atoms with Gasteiger partial charge in [0.05, 0.1) is 18.4 Å². The highest BCUT2D eigenvalue weighted by atomic mass is 19.4. The average molecular weight is 1930 g/mol. The molecule has 16 bridgehead atoms. The summed E-state index contributed by atoms with van der Waals surface area (Å²) in [5, 5.41) is 0. The molecule has 17 saturated carbocycles. The van der Waals surface area contributed by atoms with E-state index < -0.39 is 116 Å². The number of esters is 7. The van der Waals surface area contributed by atoms with Crippen molar-refractivity contribution in [1.82, 2.24) is 0 Å². The molecule has 29 heteroatoms. The smallest absolute Gasteiger partial charge is 0.404 e. The molecule has 14 nitrogen and oxygen atoms in total. The van der Waals surface area contributed by atoms with Crippen molar-refractivity contribution in [3.63, 3.8) is 0 Å². The predicted molar refractivity (Wildman–Crippen MR) is 478 cm³/mol. The highest BCUT2D eigenvalue weighted by Gasteiger charge is 2.72. The van der Waals surface area contributed by atoms with Gasteiger partial charge in [-0.05, 0) is 415 Å². The van der Waals surface area contributed by atoms with E-state index in [-0.39, 0.29) is 90.1 Å². The Bertz CT molecular complexity index is 4060. The van der Waals surface area contributed by atoms with Gasteiger partial charge in [0.1, 0.15) is 33.6 Å². The van der Waals surface area contributed by atoms with Crippen molar-refractivity contribution in [3.8, 4) is 0 Å². The van der Waals surface area contributed by atoms with Crippen LogP contribution in [0.1, 0.15) is 390 Å². The summed E-state index contributed by atoms with van der Waals surface area (Å²) >= 11 is 0. The lowest BCUT2D eigenvalue weighted by molar-refractivity contribution is -0.250. The van der Waals surface area contributed by atoms with Gasteiger partial charge in [-0.3, -0.25) is 33.6 Å². The van der Waals surface area contributed by atoms with Crippen LogP contribution < -0.4 is 0 Å². The normalized spacial score (nSPS) is 37.9. The molecule has 0 saturated heterocycles. The lowest BCUT2D eigenvalue weighted by atomic mass is 9.46. The molecule has 0 N–H and O–H groups in total. The Morgan fingerprint density at radius 1 is 0.313 bits per heavy atom. The Morgan fingerprint density at radius 3 is 1.07 bits per heavy atom. The standard InChI is InChI=1S/C20H29F3O2.C19H29F3O2.C18H27F3O2.C15H23F3O2.C14H21F3O2.C12H20O2.C7H14O2/c1-4-18(3,20(21,22)23)17(24)25-19(5-2)10-13-9-14(19)16-12-7-6-11(8-12)15(13)16;1-5-17(4,19(20,21)22)15(23)24-16(2,3)18-9-12-6-13(10-18)8-14(7-12)11-18;1-4-16(3,18(19,20)21)15(22)23-17(5-2)10-11-9-14(17)13-8-6-7-12(11)13;1-4-13(3,15(16,17)18)12(19)20-14(5-2)9-10-6-7-11(14)8-10;1-4-12(2,14(15,16)17)11(18)19-13(3)8-9-5-6-10(13)7-9;1-12(2,3)14-11(13)10-7-8-4-5-9(10)6-8;1-5-7(2,3)6(8)9-4/h11-16H,4-10H2,1-3H3;12-14H,5-11H2,1-4H3;11-14H,4-10H2,1-3H3;10-11H,4-9H2,1-3H3;9-10H,4-8H2,1-3H3;8-10H,4-7H2,1-3H3;5H2,1-4H3. The number of carbonyl (C=O) groups is 7. The molecule has 17 aliphatic carbocycles. The second-order valence-electron chi connectivity index (χ2n) is 48.2. The third-order valence-corrected chi connectivity index (χ3v) is 39.2. The molecule has 0 amide bonds. The van der Waals surface area contributed by atoms with E-state index in [0.717, 1.165) is 173 Å². The fourth-order valence-corrected chi connectivity index (χ4v) is 29.0. The first kappa shape index (κ1) is 111. The molecule has 0 aromatic rings. The number of ether oxygens (including phenoxy) is 7. The van der Waals surface area contributed by atoms with Crippen molar-refractivity contribution in [2.75, 3.05) is 7.11 Å². The molecule has 0 radical (unpaired) electrons. The molecule has 26 atom stereocenters. The summed E-state index contributed by atoms with van der Waals surface area (Å²) in [5.41, 5.74) is -16.3. The largest absolute Gasteiger partial charge is 0.469 e. The van der Waals surface area contributed by atoms with Gasteiger partial charge in [-0.1, -0.05) is 75.2 Å². The molecule has 0 aromatic heterocycles. The van der Waals surface area contributed by atoms with Gasteiger partial charge >= 0.3 is 72.7 Å². The summed E-state index contributed by atoms with van der Waals surface area (Å²) in [5.74, 6) is 5.42. The molecular formula is C105H163F15O14. The van der Waals surface area contributed by atoms with Crippen molar-refractivity contribution >= 4 is 41.8 Å². The van der Waals surface area contributed by atoms with Crippen molar-refractivity contribution in [2.24, 2.45) is 156 Å². The van der Waals surface area contributed by atoms with Gasteiger partial charge in [0.2, 0.25) is 0 Å². The van der Waals surface area contributed by atoms with E-state index in [1.807, 2.05) is 76.2 Å². The maximum atomic E-state index is 13.5. The summed E-state index contributed by atoms with van der Waals surface area (Å²) in [6.07, 6.45) is 8.78. The Balaban J connectivity index is 0.000000165. The van der Waals surface area contributed by atoms with Gasteiger partial charge in [-0.15, -0.1) is 0 Å². The Hall–Kier alpha value is -4.76. The molecule has 17 aliphatic rings. The average Bonchev–Trinajstić information content (AvgIpc) is 1.52. The van der Waals surface area contributed by atoms with Crippen LogP contribution in [0.2, 0.25) is 0 Å². The van der Waals surface area contributed by atoms with E-state index in [1.54, 1.807) is 6.92 Å². The summed E-state index contributed by atoms with van der Waals surface area (Å²) in [6.45, 7) is 34.6. The number of alkyl halides is 15. The zero-order chi connectivity index (χ0) is 101. The molecule has 0 aliphatic heterocycles. The zero-order valence-corrected chi connectivity index (χ0v) is 84.6. The molecule has 134 heavy (non-hydrogen) atoms. The third kappa shape index (κ3) is 21.2. The molecule has 0 spiro atoms. The first-order valence-corrected chi connectivity index (χ1v) is 51.4. The van der Waals surface area contributed by atoms with Crippen LogP contribution in [0.25, 0.3) is 0 Å². The molecule has 17 rings (SSSR count). The van der Waals surface area contributed by atoms with Gasteiger partial charge in [-0.25, -0.2) is 0 Å². The number of methoxy groups -OCH3 is 1. The van der Waals surface area contributed by atoms with E-state index in [4.69, 9.17) is 28.4 Å². The first-order valence-electron chi connectivity index (χ1n) is 51.4. The van der Waals surface area contributed by atoms with Gasteiger partial charge in [0.25, 0.3) is 0 Å². The number of carbonyl (C=O) groups excluding carboxylic acids is 7. The number of rotatable bonds is 22. The summed E-state index contributed by atoms with van der Waals surface area (Å²) in [7, 11) is 1.42. The number of fused-ring (bicyclic) bond motifs is 20. The maximum Gasteiger partial charge on any atom is 0.404 e. The van der Waals surface area contributed by atoms with Crippen molar-refractivity contribution in [3.05, 3.63) is 0 Å². The van der Waals surface area contributed by atoms with Gasteiger partial charge in [0, 0.05) is 17.3 Å². The van der Waals surface area contributed by atoms with Crippen LogP contribution >= 0.6 is 0 Å². The van der Waals surface area contributed by atoms with Crippen molar-refractivity contribution in [2.45, 2.75) is 454 Å². The van der Waals surface area contributed by atoms with Crippen LogP contribution in [0.15, 0.2) is 0 Å². The van der Waals surface area contributed by atoms with Crippen LogP contribution in [0, 0.1) is 156 Å². The SMILES string of the molecule is CC(C)(C)OC(=O)C1CC2CCC1C2.CCC(C)(C(=O)OC(C)(C)C12CC3CC(CC(C3)C1)C2)C(F)(F)F.CCC(C)(C(=O)OC1(C)CC2CCC1C2)C(F)(F)F.CCC(C)(C)C(=O)OC.CCC1(OC(=O)C(C)(CC)C(F)(F)F)CC2CC1C1C3CCC(C3)C21.CCC1(OC(=O)C(C)(CC)C(F)(F)F)CC2CC1C1CCCC21.CCC1(OC(=O)C(C)(CC)C(F)(F)F)CC2CCC1C2. The fraction of sp³-hybridized carbons (Fsp3) is 0.933. The quantitative estimate of drug-likeness (QED) is 0.0431. The molecule has 26 unspecified atom stereocenters. The first-order chi connectivity index (χ1) is 61.6. The van der Waals surface area contributed by atoms with E-state index >= 15 is 0 Å². The topological polar surface area (TPSA) is 184 Å². The van der Waals surface area contributed by atoms with Crippen molar-refractivity contribution < 1.29 is 133 Å². The summed E-state index contributed by atoms with van der Waals surface area (Å²) in [4.78, 5) is 84.6. The van der Waals surface area contributed by atoms with E-state index in [0.29, 0.717) is 84.9 Å². The van der Waals surface area contributed by atoms with Crippen molar-refractivity contribution in [1.29, 1.82) is 0 Å². The minimum absolute atomic E-state index is 0.0460. The van der Waals surface area contributed by atoms with Crippen LogP contribution in [-0.4, -0.2) is 113 Å². The van der Waals surface area contributed by atoms with Gasteiger partial charge < -0.3 is 33.2 Å². The van der Waals surface area contributed by atoms with Crippen LogP contribution in [0.3, 0.4) is 0 Å². The lowest BCUT2D eigenvalue weighted by Gasteiger charge is -2.61. The number of halogens is 15. The van der Waals surface area contributed by atoms with E-state index in [1.165, 1.54) is 112 Å². The number of hydrogen-bond acceptors (Lipinski definition) is 14. The third-order valence-electron chi connectivity index (χ3n) is 39.2. The highest BCUT2D eigenvalue weighted by molar-refractivity contribution is 5.81. The maximum absolute atomic E-state index is 13.5. The van der Waals surface area contributed by atoms with Crippen LogP contribution in [-0.2, 0) is 66.7 Å². The van der Waals surface area contributed by atoms with Crippen LogP contribution in [0.4, 0.5) is 65.9 Å². The van der Waals surface area contributed by atoms with Gasteiger partial charge in [-0.2, -0.15) is 65.9 Å². The monoisotopic (exact) mass is 1930 g/mol. The van der Waals surface area contributed by atoms with E-state index in [9.17, 15) is 99.4 Å². The second kappa shape index (κ2) is 39.9. The molecule has 0 aromatic carbocycles. The highest BCUT2D eigenvalue weighted by Crippen LogP contribution is 2.73. The Morgan fingerprint density at radius 2 is 0.701 bits per heavy atom. The fourth-order valence-electron chi connectivity index (χ4n) is 29.0. The lowest BCUT2D eigenvalue weighted by Crippen LogP contribution is -2.58. The van der Waals surface area contributed by atoms with E-state index in [2.05, 4.69) is 4.74 Å².